The lowest BCUT2D eigenvalue weighted by atomic mass is 9.83. The van der Waals surface area contributed by atoms with Crippen molar-refractivity contribution in [3.63, 3.8) is 0 Å². The number of methoxy groups -OCH3 is 1. The molecular formula is C41H62O8S. The van der Waals surface area contributed by atoms with E-state index in [1.54, 1.807) is 37.5 Å². The summed E-state index contributed by atoms with van der Waals surface area (Å²) in [6.45, 7) is 23.9. The highest BCUT2D eigenvalue weighted by atomic mass is 32.2. The largest absolute Gasteiger partial charge is 0.378 e. The Balaban J connectivity index is 1.46. The van der Waals surface area contributed by atoms with Gasteiger partial charge in [-0.15, -0.1) is 6.58 Å². The minimum absolute atomic E-state index is 0.00458. The van der Waals surface area contributed by atoms with E-state index < -0.39 is 28.0 Å². The van der Waals surface area contributed by atoms with E-state index in [0.717, 1.165) is 43.3 Å². The first-order chi connectivity index (χ1) is 23.7. The van der Waals surface area contributed by atoms with Crippen LogP contribution in [0.15, 0.2) is 84.3 Å². The van der Waals surface area contributed by atoms with Crippen molar-refractivity contribution in [1.82, 2.24) is 0 Å². The van der Waals surface area contributed by atoms with Gasteiger partial charge in [0.05, 0.1) is 78.3 Å². The summed E-state index contributed by atoms with van der Waals surface area (Å²) < 4.78 is 65.4. The molecule has 0 N–H and O–H groups in total. The molecule has 0 saturated carbocycles. The number of hydrogen-bond donors (Lipinski definition) is 0. The standard InChI is InChI=1S/C41H62O8S/c1-10-21-45-22-15-16-32-24-29(4)36(46-32)20-19-33-23-28(3)30(5)37(47-33)26-38-35(27-50(42,43)34-17-13-12-14-18-34)40(44-9)39(48-38)25-31(11-2)49-41(6,7)8/h10,12-18,28,31-33,35-40H,1,4-5,11,19-27H2,2-3,6-9H3/b16-15+/t28-,31-,32+,33+,35+,36+,37-,38+,39-,40-/m1/s1. The fourth-order valence-corrected chi connectivity index (χ4v) is 9.29. The summed E-state index contributed by atoms with van der Waals surface area (Å²) in [5.41, 5.74) is 1.82. The predicted octanol–water partition coefficient (Wildman–Crippen LogP) is 7.84. The van der Waals surface area contributed by atoms with Crippen LogP contribution < -0.4 is 0 Å². The van der Waals surface area contributed by atoms with E-state index in [-0.39, 0.29) is 53.9 Å². The van der Waals surface area contributed by atoms with E-state index >= 15 is 0 Å². The molecule has 4 rings (SSSR count). The Morgan fingerprint density at radius 3 is 2.42 bits per heavy atom. The number of benzene rings is 1. The molecule has 0 unspecified atom stereocenters. The van der Waals surface area contributed by atoms with Crippen molar-refractivity contribution >= 4 is 9.84 Å². The second-order valence-corrected chi connectivity index (χ2v) is 17.3. The summed E-state index contributed by atoms with van der Waals surface area (Å²) in [6.07, 6.45) is 9.61. The van der Waals surface area contributed by atoms with Gasteiger partial charge in [-0.25, -0.2) is 8.42 Å². The van der Waals surface area contributed by atoms with Gasteiger partial charge in [0.1, 0.15) is 0 Å². The maximum absolute atomic E-state index is 13.8. The average molecular weight is 715 g/mol. The van der Waals surface area contributed by atoms with Gasteiger partial charge >= 0.3 is 0 Å². The maximum Gasteiger partial charge on any atom is 0.178 e. The topological polar surface area (TPSA) is 89.5 Å². The van der Waals surface area contributed by atoms with Gasteiger partial charge in [0.2, 0.25) is 0 Å². The van der Waals surface area contributed by atoms with E-state index in [1.807, 2.05) is 32.9 Å². The van der Waals surface area contributed by atoms with E-state index in [4.69, 9.17) is 28.4 Å². The molecule has 10 atom stereocenters. The van der Waals surface area contributed by atoms with Gasteiger partial charge in [-0.3, -0.25) is 0 Å². The van der Waals surface area contributed by atoms with E-state index in [1.165, 1.54) is 0 Å². The third-order valence-corrected chi connectivity index (χ3v) is 12.0. The summed E-state index contributed by atoms with van der Waals surface area (Å²) in [6, 6.07) is 8.65. The van der Waals surface area contributed by atoms with Crippen LogP contribution in [0.25, 0.3) is 0 Å². The van der Waals surface area contributed by atoms with Crippen LogP contribution >= 0.6 is 0 Å². The molecule has 3 fully saturated rings. The van der Waals surface area contributed by atoms with Gasteiger partial charge in [0.25, 0.3) is 0 Å². The zero-order valence-electron chi connectivity index (χ0n) is 31.3. The van der Waals surface area contributed by atoms with Gasteiger partial charge in [-0.05, 0) is 75.7 Å². The van der Waals surface area contributed by atoms with Gasteiger partial charge in [-0.1, -0.05) is 63.4 Å². The first-order valence-corrected chi connectivity index (χ1v) is 20.1. The summed E-state index contributed by atoms with van der Waals surface area (Å²) in [5, 5.41) is 0. The van der Waals surface area contributed by atoms with E-state index in [2.05, 4.69) is 39.7 Å². The monoisotopic (exact) mass is 714 g/mol. The molecule has 0 aromatic heterocycles. The Morgan fingerprint density at radius 2 is 1.76 bits per heavy atom. The fourth-order valence-electron chi connectivity index (χ4n) is 7.61. The molecule has 8 nitrogen and oxygen atoms in total. The summed E-state index contributed by atoms with van der Waals surface area (Å²) in [7, 11) is -1.96. The normalized spacial score (nSPS) is 31.4. The summed E-state index contributed by atoms with van der Waals surface area (Å²) in [4.78, 5) is 0.307. The molecule has 1 aromatic carbocycles. The molecule has 1 aromatic rings. The van der Waals surface area contributed by atoms with E-state index in [9.17, 15) is 8.42 Å². The molecule has 0 spiro atoms. The molecule has 50 heavy (non-hydrogen) atoms. The van der Waals surface area contributed by atoms with Crippen LogP contribution in [0, 0.1) is 11.8 Å². The van der Waals surface area contributed by atoms with Crippen LogP contribution in [-0.2, 0) is 38.3 Å². The molecule has 3 aliphatic heterocycles. The van der Waals surface area contributed by atoms with E-state index in [0.29, 0.717) is 31.0 Å². The lowest BCUT2D eigenvalue weighted by molar-refractivity contribution is -0.103. The van der Waals surface area contributed by atoms with Crippen LogP contribution in [-0.4, -0.2) is 88.9 Å². The fraction of sp³-hybridized carbons (Fsp3) is 0.659. The quantitative estimate of drug-likeness (QED) is 0.112. The van der Waals surface area contributed by atoms with Crippen molar-refractivity contribution < 1.29 is 36.8 Å². The highest BCUT2D eigenvalue weighted by Crippen LogP contribution is 2.41. The predicted molar refractivity (Wildman–Crippen MR) is 199 cm³/mol. The first-order valence-electron chi connectivity index (χ1n) is 18.4. The number of ether oxygens (including phenoxy) is 6. The number of rotatable bonds is 18. The van der Waals surface area contributed by atoms with Crippen LogP contribution in [0.2, 0.25) is 0 Å². The van der Waals surface area contributed by atoms with Crippen molar-refractivity contribution in [2.75, 3.05) is 26.1 Å². The summed E-state index contributed by atoms with van der Waals surface area (Å²) in [5.74, 6) is -0.218. The van der Waals surface area contributed by atoms with Gasteiger partial charge < -0.3 is 28.4 Å². The van der Waals surface area contributed by atoms with Crippen molar-refractivity contribution in [3.8, 4) is 0 Å². The molecular weight excluding hydrogens is 653 g/mol. The van der Waals surface area contributed by atoms with Crippen molar-refractivity contribution in [2.45, 2.75) is 139 Å². The minimum Gasteiger partial charge on any atom is -0.378 e. The maximum atomic E-state index is 13.8. The number of sulfone groups is 1. The Bertz CT molecular complexity index is 1380. The summed E-state index contributed by atoms with van der Waals surface area (Å²) >= 11 is 0. The van der Waals surface area contributed by atoms with Crippen LogP contribution in [0.5, 0.6) is 0 Å². The molecule has 0 aliphatic carbocycles. The second kappa shape index (κ2) is 18.6. The first kappa shape index (κ1) is 40.7. The molecule has 280 valence electrons. The molecule has 0 amide bonds. The molecule has 0 radical (unpaired) electrons. The molecule has 3 aliphatic rings. The highest BCUT2D eigenvalue weighted by Gasteiger charge is 2.49. The lowest BCUT2D eigenvalue weighted by Crippen LogP contribution is -2.40. The Morgan fingerprint density at radius 1 is 1.02 bits per heavy atom. The lowest BCUT2D eigenvalue weighted by Gasteiger charge is -2.38. The van der Waals surface area contributed by atoms with Gasteiger partial charge in [0, 0.05) is 32.3 Å². The third kappa shape index (κ3) is 11.4. The molecule has 0 bridgehead atoms. The average Bonchev–Trinajstić information content (AvgIpc) is 3.58. The highest BCUT2D eigenvalue weighted by molar-refractivity contribution is 7.91. The second-order valence-electron chi connectivity index (χ2n) is 15.2. The smallest absolute Gasteiger partial charge is 0.178 e. The molecule has 3 saturated heterocycles. The van der Waals surface area contributed by atoms with Crippen molar-refractivity contribution in [3.05, 3.63) is 79.4 Å². The van der Waals surface area contributed by atoms with Crippen LogP contribution in [0.4, 0.5) is 0 Å². The van der Waals surface area contributed by atoms with Crippen LogP contribution in [0.1, 0.15) is 79.6 Å². The number of hydrogen-bond acceptors (Lipinski definition) is 8. The Kier molecular flexibility index (Phi) is 15.1. The van der Waals surface area contributed by atoms with Crippen molar-refractivity contribution in [1.29, 1.82) is 0 Å². The van der Waals surface area contributed by atoms with Crippen LogP contribution in [0.3, 0.4) is 0 Å². The SMILES string of the molecule is C=CCOC/C=C/[C@H]1CC(=C)[C@H](CC[C@H]2C[C@@H](C)C(=C)[C@@H](C[C@@H]3O[C@H](C[C@@H](CC)OC(C)(C)C)[C@H](OC)[C@H]3CS(=O)(=O)c3ccccc3)O2)O1. The Hall–Kier alpha value is -2.11. The van der Waals surface area contributed by atoms with Gasteiger partial charge in [0.15, 0.2) is 9.84 Å². The van der Waals surface area contributed by atoms with Crippen molar-refractivity contribution in [2.24, 2.45) is 11.8 Å². The minimum atomic E-state index is -3.61. The van der Waals surface area contributed by atoms with Gasteiger partial charge in [-0.2, -0.15) is 0 Å². The Labute approximate surface area is 302 Å². The zero-order valence-corrected chi connectivity index (χ0v) is 32.1. The third-order valence-electron chi connectivity index (χ3n) is 10.1. The molecule has 3 heterocycles. The molecule has 9 heteroatoms. The zero-order chi connectivity index (χ0) is 36.5.